The van der Waals surface area contributed by atoms with Crippen LogP contribution < -0.4 is 11.5 Å². The summed E-state index contributed by atoms with van der Waals surface area (Å²) in [5.74, 6) is 0.891. The van der Waals surface area contributed by atoms with Gasteiger partial charge >= 0.3 is 0 Å². The van der Waals surface area contributed by atoms with Gasteiger partial charge in [-0.1, -0.05) is 37.5 Å². The molecule has 0 radical (unpaired) electrons. The quantitative estimate of drug-likeness (QED) is 0.500. The number of rotatable bonds is 4. The van der Waals surface area contributed by atoms with Crippen molar-refractivity contribution in [1.82, 2.24) is 4.98 Å². The number of hydrogen-bond acceptors (Lipinski definition) is 3. The van der Waals surface area contributed by atoms with E-state index in [1.54, 1.807) is 11.3 Å². The lowest BCUT2D eigenvalue weighted by molar-refractivity contribution is 0.428. The van der Waals surface area contributed by atoms with Crippen molar-refractivity contribution >= 4 is 22.4 Å². The zero-order valence-corrected chi connectivity index (χ0v) is 11.8. The van der Waals surface area contributed by atoms with Crippen LogP contribution in [0.5, 0.6) is 0 Å². The fraction of sp³-hybridized carbons (Fsp3) is 0.692. The minimum atomic E-state index is 0.0986. The third-order valence-corrected chi connectivity index (χ3v) is 4.51. The summed E-state index contributed by atoms with van der Waals surface area (Å²) < 4.78 is 0. The van der Waals surface area contributed by atoms with Crippen LogP contribution in [0.4, 0.5) is 5.13 Å². The zero-order valence-electron chi connectivity index (χ0n) is 11.0. The van der Waals surface area contributed by atoms with Gasteiger partial charge in [0.1, 0.15) is 0 Å². The minimum Gasteiger partial charge on any atom is -0.370 e. The number of nitrogens with zero attached hydrogens (tertiary/aromatic N) is 2. The Morgan fingerprint density at radius 2 is 2.33 bits per heavy atom. The molecule has 1 heterocycles. The Labute approximate surface area is 113 Å². The molecule has 0 saturated heterocycles. The van der Waals surface area contributed by atoms with Crippen LogP contribution in [-0.2, 0) is 12.8 Å². The van der Waals surface area contributed by atoms with Crippen LogP contribution in [0.15, 0.2) is 4.99 Å². The molecule has 1 aliphatic rings. The SMILES string of the molecule is CCCCC1CCCc2sc(N=C(N)N)nc2C1. The maximum absolute atomic E-state index is 5.40. The van der Waals surface area contributed by atoms with Crippen LogP contribution in [0.3, 0.4) is 0 Å². The standard InChI is InChI=1S/C13H22N4S/c1-2-3-5-9-6-4-7-11-10(8-9)16-13(18-11)17-12(14)15/h9H,2-8H2,1H3,(H4,14,15,16,17). The van der Waals surface area contributed by atoms with Gasteiger partial charge in [-0.25, -0.2) is 4.98 Å². The van der Waals surface area contributed by atoms with Gasteiger partial charge in [-0.05, 0) is 31.6 Å². The van der Waals surface area contributed by atoms with Crippen LogP contribution in [0, 0.1) is 5.92 Å². The first-order valence-electron chi connectivity index (χ1n) is 6.77. The van der Waals surface area contributed by atoms with Crippen LogP contribution in [-0.4, -0.2) is 10.9 Å². The van der Waals surface area contributed by atoms with Crippen LogP contribution in [0.25, 0.3) is 0 Å². The lowest BCUT2D eigenvalue weighted by atomic mass is 9.94. The van der Waals surface area contributed by atoms with Gasteiger partial charge < -0.3 is 11.5 Å². The Balaban J connectivity index is 2.10. The van der Waals surface area contributed by atoms with Crippen molar-refractivity contribution in [2.45, 2.75) is 51.9 Å². The first kappa shape index (κ1) is 13.3. The van der Waals surface area contributed by atoms with E-state index in [-0.39, 0.29) is 5.96 Å². The van der Waals surface area contributed by atoms with Gasteiger partial charge in [0.15, 0.2) is 5.96 Å². The Morgan fingerprint density at radius 3 is 3.06 bits per heavy atom. The molecule has 1 aliphatic carbocycles. The minimum absolute atomic E-state index is 0.0986. The molecule has 4 nitrogen and oxygen atoms in total. The molecule has 1 unspecified atom stereocenters. The van der Waals surface area contributed by atoms with Crippen molar-refractivity contribution in [3.8, 4) is 0 Å². The fourth-order valence-electron chi connectivity index (χ4n) is 2.55. The van der Waals surface area contributed by atoms with Crippen molar-refractivity contribution in [1.29, 1.82) is 0 Å². The summed E-state index contributed by atoms with van der Waals surface area (Å²) in [6, 6.07) is 0. The number of fused-ring (bicyclic) bond motifs is 1. The van der Waals surface area contributed by atoms with E-state index in [2.05, 4.69) is 16.9 Å². The van der Waals surface area contributed by atoms with Gasteiger partial charge in [0.05, 0.1) is 5.69 Å². The van der Waals surface area contributed by atoms with Crippen molar-refractivity contribution in [2.75, 3.05) is 0 Å². The fourth-order valence-corrected chi connectivity index (χ4v) is 3.57. The number of hydrogen-bond donors (Lipinski definition) is 2. The highest BCUT2D eigenvalue weighted by atomic mass is 32.1. The first-order valence-corrected chi connectivity index (χ1v) is 7.59. The molecule has 0 amide bonds. The number of aromatic nitrogens is 1. The molecule has 5 heteroatoms. The summed E-state index contributed by atoms with van der Waals surface area (Å²) in [4.78, 5) is 10.0. The molecule has 100 valence electrons. The van der Waals surface area contributed by atoms with E-state index in [0.717, 1.165) is 23.9 Å². The van der Waals surface area contributed by atoms with Crippen LogP contribution in [0.2, 0.25) is 0 Å². The Morgan fingerprint density at radius 1 is 1.50 bits per heavy atom. The third kappa shape index (κ3) is 3.45. The molecule has 1 atom stereocenters. The van der Waals surface area contributed by atoms with Gasteiger partial charge in [0.25, 0.3) is 0 Å². The van der Waals surface area contributed by atoms with E-state index in [4.69, 9.17) is 11.5 Å². The van der Waals surface area contributed by atoms with Gasteiger partial charge in [-0.2, -0.15) is 4.99 Å². The number of nitrogens with two attached hydrogens (primary N) is 2. The summed E-state index contributed by atoms with van der Waals surface area (Å²) in [5.41, 5.74) is 12.0. The third-order valence-electron chi connectivity index (χ3n) is 3.46. The molecular weight excluding hydrogens is 244 g/mol. The number of unbranched alkanes of at least 4 members (excludes halogenated alkanes) is 1. The number of thiazole rings is 1. The molecular formula is C13H22N4S. The highest BCUT2D eigenvalue weighted by Crippen LogP contribution is 2.33. The maximum atomic E-state index is 5.40. The summed E-state index contributed by atoms with van der Waals surface area (Å²) in [5, 5.41) is 0.719. The van der Waals surface area contributed by atoms with Gasteiger partial charge in [0.2, 0.25) is 5.13 Å². The van der Waals surface area contributed by atoms with E-state index < -0.39 is 0 Å². The number of guanidine groups is 1. The van der Waals surface area contributed by atoms with Gasteiger partial charge in [-0.3, -0.25) is 0 Å². The Hall–Kier alpha value is -1.10. The lowest BCUT2D eigenvalue weighted by Gasteiger charge is -2.12. The van der Waals surface area contributed by atoms with Crippen molar-refractivity contribution < 1.29 is 0 Å². The zero-order chi connectivity index (χ0) is 13.0. The van der Waals surface area contributed by atoms with E-state index in [0.29, 0.717) is 0 Å². The maximum Gasteiger partial charge on any atom is 0.212 e. The average Bonchev–Trinajstić information content (AvgIpc) is 2.57. The normalized spacial score (nSPS) is 19.1. The molecule has 0 aliphatic heterocycles. The van der Waals surface area contributed by atoms with Crippen molar-refractivity contribution in [3.63, 3.8) is 0 Å². The lowest BCUT2D eigenvalue weighted by Crippen LogP contribution is -2.21. The predicted molar refractivity (Wildman–Crippen MR) is 77.2 cm³/mol. The Kier molecular flexibility index (Phi) is 4.58. The monoisotopic (exact) mass is 266 g/mol. The van der Waals surface area contributed by atoms with Crippen LogP contribution >= 0.6 is 11.3 Å². The second-order valence-electron chi connectivity index (χ2n) is 5.01. The summed E-state index contributed by atoms with van der Waals surface area (Å²) >= 11 is 1.64. The highest BCUT2D eigenvalue weighted by molar-refractivity contribution is 7.15. The Bertz CT molecular complexity index is 421. The molecule has 0 bridgehead atoms. The van der Waals surface area contributed by atoms with E-state index >= 15 is 0 Å². The first-order chi connectivity index (χ1) is 8.69. The molecule has 0 aromatic carbocycles. The van der Waals surface area contributed by atoms with E-state index in [9.17, 15) is 0 Å². The number of aliphatic imine (C=N–C) groups is 1. The van der Waals surface area contributed by atoms with Gasteiger partial charge in [0, 0.05) is 4.88 Å². The summed E-state index contributed by atoms with van der Waals surface area (Å²) in [6.07, 6.45) is 8.77. The second-order valence-corrected chi connectivity index (χ2v) is 6.07. The molecule has 0 spiro atoms. The average molecular weight is 266 g/mol. The van der Waals surface area contributed by atoms with E-state index in [1.807, 2.05) is 0 Å². The summed E-state index contributed by atoms with van der Waals surface area (Å²) in [6.45, 7) is 2.25. The highest BCUT2D eigenvalue weighted by Gasteiger charge is 2.20. The molecule has 1 aromatic heterocycles. The molecule has 18 heavy (non-hydrogen) atoms. The largest absolute Gasteiger partial charge is 0.370 e. The molecule has 0 fully saturated rings. The molecule has 1 aromatic rings. The molecule has 2 rings (SSSR count). The van der Waals surface area contributed by atoms with E-state index in [1.165, 1.54) is 42.7 Å². The smallest absolute Gasteiger partial charge is 0.212 e. The summed E-state index contributed by atoms with van der Waals surface area (Å²) in [7, 11) is 0. The van der Waals surface area contributed by atoms with Crippen molar-refractivity contribution in [3.05, 3.63) is 10.6 Å². The van der Waals surface area contributed by atoms with Gasteiger partial charge in [-0.15, -0.1) is 0 Å². The van der Waals surface area contributed by atoms with Crippen LogP contribution in [0.1, 0.15) is 49.6 Å². The number of aryl methyl sites for hydroxylation is 1. The molecule has 4 N–H and O–H groups in total. The topological polar surface area (TPSA) is 77.3 Å². The predicted octanol–water partition coefficient (Wildman–Crippen LogP) is 2.73. The molecule has 0 saturated carbocycles. The van der Waals surface area contributed by atoms with Crippen molar-refractivity contribution in [2.24, 2.45) is 22.4 Å². The second kappa shape index (κ2) is 6.18.